The van der Waals surface area contributed by atoms with Crippen molar-refractivity contribution in [2.45, 2.75) is 13.0 Å². The van der Waals surface area contributed by atoms with Gasteiger partial charge in [-0.1, -0.05) is 12.1 Å². The van der Waals surface area contributed by atoms with Gasteiger partial charge in [0.15, 0.2) is 5.11 Å². The molecule has 0 aliphatic heterocycles. The number of thiocarbonyl (C=S) groups is 1. The first-order valence-corrected chi connectivity index (χ1v) is 6.96. The van der Waals surface area contributed by atoms with E-state index in [9.17, 15) is 4.39 Å². The third-order valence-corrected chi connectivity index (χ3v) is 3.29. The number of hydrogen-bond acceptors (Lipinski definition) is 2. The highest BCUT2D eigenvalue weighted by Gasteiger charge is 2.07. The molecule has 0 aliphatic rings. The van der Waals surface area contributed by atoms with Gasteiger partial charge in [0.25, 0.3) is 0 Å². The molecule has 1 atom stereocenters. The fraction of sp³-hybridized carbons (Fsp3) is 0.188. The van der Waals surface area contributed by atoms with Gasteiger partial charge in [-0.15, -0.1) is 0 Å². The van der Waals surface area contributed by atoms with Gasteiger partial charge in [-0.2, -0.15) is 0 Å². The van der Waals surface area contributed by atoms with Gasteiger partial charge in [0.05, 0.1) is 13.2 Å². The molecule has 0 radical (unpaired) electrons. The van der Waals surface area contributed by atoms with E-state index in [2.05, 4.69) is 10.6 Å². The summed E-state index contributed by atoms with van der Waals surface area (Å²) in [7, 11) is 1.62. The Morgan fingerprint density at radius 1 is 1.10 bits per heavy atom. The second-order valence-corrected chi connectivity index (χ2v) is 5.01. The highest BCUT2D eigenvalue weighted by molar-refractivity contribution is 7.80. The molecule has 110 valence electrons. The van der Waals surface area contributed by atoms with Crippen molar-refractivity contribution >= 4 is 23.0 Å². The summed E-state index contributed by atoms with van der Waals surface area (Å²) in [6.07, 6.45) is 0. The van der Waals surface area contributed by atoms with Crippen molar-refractivity contribution in [1.82, 2.24) is 5.32 Å². The second kappa shape index (κ2) is 7.04. The summed E-state index contributed by atoms with van der Waals surface area (Å²) in [4.78, 5) is 0. The molecular formula is C16H17FN2OS. The Kier molecular flexibility index (Phi) is 5.11. The number of ether oxygens (including phenoxy) is 1. The van der Waals surface area contributed by atoms with Crippen molar-refractivity contribution < 1.29 is 9.13 Å². The van der Waals surface area contributed by atoms with Crippen molar-refractivity contribution in [1.29, 1.82) is 0 Å². The molecule has 0 aliphatic carbocycles. The molecule has 0 spiro atoms. The van der Waals surface area contributed by atoms with Crippen LogP contribution in [0.1, 0.15) is 18.5 Å². The minimum Gasteiger partial charge on any atom is -0.497 e. The van der Waals surface area contributed by atoms with E-state index in [0.717, 1.165) is 17.0 Å². The Bertz CT molecular complexity index is 599. The smallest absolute Gasteiger partial charge is 0.171 e. The van der Waals surface area contributed by atoms with Crippen molar-refractivity contribution in [3.05, 3.63) is 59.9 Å². The van der Waals surface area contributed by atoms with Gasteiger partial charge in [-0.3, -0.25) is 0 Å². The lowest BCUT2D eigenvalue weighted by atomic mass is 10.1. The van der Waals surface area contributed by atoms with E-state index in [1.807, 2.05) is 31.2 Å². The summed E-state index contributed by atoms with van der Waals surface area (Å²) < 4.78 is 18.0. The zero-order chi connectivity index (χ0) is 15.2. The first kappa shape index (κ1) is 15.3. The van der Waals surface area contributed by atoms with Crippen LogP contribution in [0.3, 0.4) is 0 Å². The number of rotatable bonds is 4. The molecule has 0 saturated heterocycles. The van der Waals surface area contributed by atoms with Gasteiger partial charge in [0, 0.05) is 5.69 Å². The van der Waals surface area contributed by atoms with E-state index in [-0.39, 0.29) is 11.9 Å². The summed E-state index contributed by atoms with van der Waals surface area (Å²) in [5.41, 5.74) is 1.84. The second-order valence-electron chi connectivity index (χ2n) is 4.60. The van der Waals surface area contributed by atoms with Gasteiger partial charge in [-0.25, -0.2) is 4.39 Å². The fourth-order valence-electron chi connectivity index (χ4n) is 1.87. The molecule has 3 nitrogen and oxygen atoms in total. The fourth-order valence-corrected chi connectivity index (χ4v) is 2.17. The number of nitrogens with one attached hydrogen (secondary N) is 2. The molecule has 0 saturated carbocycles. The van der Waals surface area contributed by atoms with Crippen LogP contribution in [-0.2, 0) is 0 Å². The van der Waals surface area contributed by atoms with Crippen molar-refractivity contribution in [2.24, 2.45) is 0 Å². The maximum absolute atomic E-state index is 12.9. The first-order chi connectivity index (χ1) is 10.1. The van der Waals surface area contributed by atoms with Gasteiger partial charge >= 0.3 is 0 Å². The van der Waals surface area contributed by atoms with Crippen LogP contribution in [0.15, 0.2) is 48.5 Å². The molecule has 0 heterocycles. The molecule has 2 N–H and O–H groups in total. The minimum atomic E-state index is -0.245. The number of benzene rings is 2. The summed E-state index contributed by atoms with van der Waals surface area (Å²) in [6, 6.07) is 13.8. The first-order valence-electron chi connectivity index (χ1n) is 6.55. The quantitative estimate of drug-likeness (QED) is 0.840. The lowest BCUT2D eigenvalue weighted by Crippen LogP contribution is -2.30. The highest BCUT2D eigenvalue weighted by atomic mass is 32.1. The number of methoxy groups -OCH3 is 1. The van der Waals surface area contributed by atoms with E-state index in [1.54, 1.807) is 19.2 Å². The van der Waals surface area contributed by atoms with Gasteiger partial charge in [0.2, 0.25) is 0 Å². The monoisotopic (exact) mass is 304 g/mol. The standard InChI is InChI=1S/C16H17FN2OS/c1-11(12-3-5-13(17)6-4-12)18-16(21)19-14-7-9-15(20-2)10-8-14/h3-11H,1-2H3,(H2,18,19,21). The number of anilines is 1. The molecule has 0 amide bonds. The molecular weight excluding hydrogens is 287 g/mol. The van der Waals surface area contributed by atoms with E-state index in [0.29, 0.717) is 5.11 Å². The maximum Gasteiger partial charge on any atom is 0.171 e. The SMILES string of the molecule is COc1ccc(NC(=S)NC(C)c2ccc(F)cc2)cc1. The summed E-state index contributed by atoms with van der Waals surface area (Å²) in [5, 5.41) is 6.77. The predicted molar refractivity (Wildman–Crippen MR) is 87.2 cm³/mol. The molecule has 2 aromatic rings. The molecule has 0 fully saturated rings. The molecule has 21 heavy (non-hydrogen) atoms. The van der Waals surface area contributed by atoms with Crippen LogP contribution < -0.4 is 15.4 Å². The van der Waals surface area contributed by atoms with E-state index in [4.69, 9.17) is 17.0 Å². The molecule has 2 rings (SSSR count). The Balaban J connectivity index is 1.92. The molecule has 0 aromatic heterocycles. The van der Waals surface area contributed by atoms with Gasteiger partial charge in [0.1, 0.15) is 11.6 Å². The summed E-state index contributed by atoms with van der Waals surface area (Å²) in [5.74, 6) is 0.545. The number of halogens is 1. The average Bonchev–Trinajstić information content (AvgIpc) is 2.48. The largest absolute Gasteiger partial charge is 0.497 e. The minimum absolute atomic E-state index is 0.0103. The molecule has 5 heteroatoms. The summed E-state index contributed by atoms with van der Waals surface area (Å²) >= 11 is 5.27. The van der Waals surface area contributed by atoms with Crippen LogP contribution in [0.5, 0.6) is 5.75 Å². The van der Waals surface area contributed by atoms with Gasteiger partial charge < -0.3 is 15.4 Å². The Morgan fingerprint density at radius 3 is 2.29 bits per heavy atom. The highest BCUT2D eigenvalue weighted by Crippen LogP contribution is 2.16. The van der Waals surface area contributed by atoms with Crippen molar-refractivity contribution in [3.8, 4) is 5.75 Å². The van der Waals surface area contributed by atoms with Crippen LogP contribution in [0.4, 0.5) is 10.1 Å². The molecule has 1 unspecified atom stereocenters. The van der Waals surface area contributed by atoms with E-state index in [1.165, 1.54) is 12.1 Å². The zero-order valence-electron chi connectivity index (χ0n) is 11.9. The van der Waals surface area contributed by atoms with Crippen molar-refractivity contribution in [3.63, 3.8) is 0 Å². The molecule has 0 bridgehead atoms. The summed E-state index contributed by atoms with van der Waals surface area (Å²) in [6.45, 7) is 1.97. The van der Waals surface area contributed by atoms with Crippen LogP contribution in [0.25, 0.3) is 0 Å². The average molecular weight is 304 g/mol. The third-order valence-electron chi connectivity index (χ3n) is 3.07. The van der Waals surface area contributed by atoms with Crippen molar-refractivity contribution in [2.75, 3.05) is 12.4 Å². The van der Waals surface area contributed by atoms with E-state index >= 15 is 0 Å². The molecule has 2 aromatic carbocycles. The zero-order valence-corrected chi connectivity index (χ0v) is 12.7. The number of hydrogen-bond donors (Lipinski definition) is 2. The normalized spacial score (nSPS) is 11.6. The lowest BCUT2D eigenvalue weighted by molar-refractivity contribution is 0.415. The predicted octanol–water partition coefficient (Wildman–Crippen LogP) is 3.88. The Hall–Kier alpha value is -2.14. The van der Waals surface area contributed by atoms with Crippen LogP contribution in [0.2, 0.25) is 0 Å². The van der Waals surface area contributed by atoms with Gasteiger partial charge in [-0.05, 0) is 61.1 Å². The maximum atomic E-state index is 12.9. The van der Waals surface area contributed by atoms with Crippen LogP contribution >= 0.6 is 12.2 Å². The van der Waals surface area contributed by atoms with Crippen LogP contribution in [-0.4, -0.2) is 12.2 Å². The van der Waals surface area contributed by atoms with Crippen LogP contribution in [0, 0.1) is 5.82 Å². The third kappa shape index (κ3) is 4.43. The topological polar surface area (TPSA) is 33.3 Å². The Labute approximate surface area is 129 Å². The van der Waals surface area contributed by atoms with E-state index < -0.39 is 0 Å². The Morgan fingerprint density at radius 2 is 1.71 bits per heavy atom. The lowest BCUT2D eigenvalue weighted by Gasteiger charge is -2.17.